The van der Waals surface area contributed by atoms with Crippen LogP contribution in [0.2, 0.25) is 0 Å². The summed E-state index contributed by atoms with van der Waals surface area (Å²) < 4.78 is 5.24. The Bertz CT molecular complexity index is 294. The van der Waals surface area contributed by atoms with E-state index in [2.05, 4.69) is 5.73 Å². The number of hydrogen-bond acceptors (Lipinski definition) is 4. The van der Waals surface area contributed by atoms with E-state index in [1.807, 2.05) is 13.8 Å². The predicted octanol–water partition coefficient (Wildman–Crippen LogP) is -1.45. The van der Waals surface area contributed by atoms with Gasteiger partial charge in [0.2, 0.25) is 0 Å². The highest BCUT2D eigenvalue weighted by molar-refractivity contribution is 6.12. The lowest BCUT2D eigenvalue weighted by Gasteiger charge is -2.24. The first kappa shape index (κ1) is 12.5. The van der Waals surface area contributed by atoms with Gasteiger partial charge in [0.05, 0.1) is 12.6 Å². The van der Waals surface area contributed by atoms with Gasteiger partial charge in [0.15, 0.2) is 0 Å². The van der Waals surface area contributed by atoms with Gasteiger partial charge in [0, 0.05) is 0 Å². The Balaban J connectivity index is 2.97. The second-order valence-corrected chi connectivity index (χ2v) is 4.12. The Morgan fingerprint density at radius 1 is 1.60 bits per heavy atom. The molecule has 4 atom stereocenters. The first-order valence-electron chi connectivity index (χ1n) is 4.99. The minimum atomic E-state index is -1.47. The van der Waals surface area contributed by atoms with Crippen LogP contribution in [0, 0.1) is 0 Å². The van der Waals surface area contributed by atoms with Crippen LogP contribution >= 0.6 is 0 Å². The second-order valence-electron chi connectivity index (χ2n) is 4.12. The number of aliphatic hydroxyl groups is 3. The zero-order valence-electron chi connectivity index (χ0n) is 9.27. The molecule has 1 aliphatic heterocycles. The summed E-state index contributed by atoms with van der Waals surface area (Å²) in [6, 6.07) is -0.559. The summed E-state index contributed by atoms with van der Waals surface area (Å²) in [7, 11) is 1.65. The van der Waals surface area contributed by atoms with Gasteiger partial charge in [-0.25, -0.2) is 0 Å². The molecule has 0 bridgehead atoms. The molecule has 1 heterocycles. The molecule has 0 aromatic heterocycles. The Morgan fingerprint density at radius 2 is 2.20 bits per heavy atom. The zero-order chi connectivity index (χ0) is 11.6. The van der Waals surface area contributed by atoms with Gasteiger partial charge in [-0.3, -0.25) is 0 Å². The summed E-state index contributed by atoms with van der Waals surface area (Å²) in [5, 5.41) is 28.9. The highest BCUT2D eigenvalue weighted by atomic mass is 16.6. The van der Waals surface area contributed by atoms with Gasteiger partial charge in [0.1, 0.15) is 25.7 Å². The van der Waals surface area contributed by atoms with Crippen molar-refractivity contribution in [1.29, 1.82) is 0 Å². The molecule has 3 N–H and O–H groups in total. The van der Waals surface area contributed by atoms with Crippen LogP contribution in [0.3, 0.4) is 0 Å². The van der Waals surface area contributed by atoms with Gasteiger partial charge in [-0.05, 0) is 25.5 Å². The van der Waals surface area contributed by atoms with Crippen molar-refractivity contribution >= 4 is 7.85 Å². The smallest absolute Gasteiger partial charge is 0.143 e. The predicted molar refractivity (Wildman–Crippen MR) is 58.2 cm³/mol. The third-order valence-electron chi connectivity index (χ3n) is 2.63. The number of ether oxygens (including phenoxy) is 1. The van der Waals surface area contributed by atoms with Crippen LogP contribution in [0.5, 0.6) is 0 Å². The lowest BCUT2D eigenvalue weighted by Crippen LogP contribution is -2.47. The van der Waals surface area contributed by atoms with Crippen LogP contribution in [-0.4, -0.2) is 53.6 Å². The maximum Gasteiger partial charge on any atom is 0.143 e. The van der Waals surface area contributed by atoms with E-state index < -0.39 is 23.8 Å². The van der Waals surface area contributed by atoms with Crippen LogP contribution in [-0.2, 0) is 4.74 Å². The van der Waals surface area contributed by atoms with Crippen molar-refractivity contribution in [3.8, 4) is 0 Å². The minimum absolute atomic E-state index is 0.309. The third-order valence-corrected chi connectivity index (χ3v) is 2.63. The normalized spacial score (nSPS) is 39.9. The first-order valence-corrected chi connectivity index (χ1v) is 4.99. The van der Waals surface area contributed by atoms with E-state index >= 15 is 0 Å². The van der Waals surface area contributed by atoms with Crippen molar-refractivity contribution < 1.29 is 20.1 Å². The molecule has 1 unspecified atom stereocenters. The summed E-state index contributed by atoms with van der Waals surface area (Å²) in [5.74, 6) is 0. The molecule has 1 rings (SSSR count). The van der Waals surface area contributed by atoms with Crippen LogP contribution in [0.1, 0.15) is 13.8 Å². The number of hydrogen-bond donors (Lipinski definition) is 3. The fourth-order valence-electron chi connectivity index (χ4n) is 1.59. The molecular weight excluding hydrogens is 195 g/mol. The molecule has 0 radical (unpaired) electrons. The standard InChI is InChI=1S/C10H17BO4/c1-6(2)3-4-10(14)8(13)7(5-12)15-9(10)11/h4,7-9,12-14H,5,11H2,1-2H3/t7-,8?,9-,10-/m1/s1. The molecular formula is C10H17BO4. The molecule has 0 saturated carbocycles. The quantitative estimate of drug-likeness (QED) is 0.387. The van der Waals surface area contributed by atoms with E-state index in [1.165, 1.54) is 6.08 Å². The van der Waals surface area contributed by atoms with Gasteiger partial charge in [0.25, 0.3) is 0 Å². The molecule has 0 spiro atoms. The third kappa shape index (κ3) is 2.33. The average Bonchev–Trinajstić information content (AvgIpc) is 2.40. The Morgan fingerprint density at radius 3 is 2.60 bits per heavy atom. The molecule has 1 aliphatic rings. The fraction of sp³-hybridized carbons (Fsp3) is 0.700. The Labute approximate surface area is 90.3 Å². The van der Waals surface area contributed by atoms with Crippen molar-refractivity contribution in [3.05, 3.63) is 17.4 Å². The summed E-state index contributed by atoms with van der Waals surface area (Å²) in [4.78, 5) is 0. The SMILES string of the molecule is B[C@@H]1O[C@H](CO)C(O)[C@]1(O)C=C=C(C)C. The summed E-state index contributed by atoms with van der Waals surface area (Å²) in [5.41, 5.74) is 2.28. The largest absolute Gasteiger partial charge is 0.394 e. The highest BCUT2D eigenvalue weighted by Gasteiger charge is 2.51. The molecule has 5 heteroatoms. The van der Waals surface area contributed by atoms with Crippen LogP contribution in [0.25, 0.3) is 0 Å². The van der Waals surface area contributed by atoms with E-state index in [1.54, 1.807) is 7.85 Å². The van der Waals surface area contributed by atoms with Gasteiger partial charge >= 0.3 is 0 Å². The summed E-state index contributed by atoms with van der Waals surface area (Å²) in [6.07, 6.45) is -0.447. The molecule has 1 saturated heterocycles. The summed E-state index contributed by atoms with van der Waals surface area (Å²) >= 11 is 0. The van der Waals surface area contributed by atoms with Crippen molar-refractivity contribution in [2.24, 2.45) is 0 Å². The van der Waals surface area contributed by atoms with E-state index in [-0.39, 0.29) is 6.61 Å². The van der Waals surface area contributed by atoms with Crippen molar-refractivity contribution in [2.75, 3.05) is 6.61 Å². The second kappa shape index (κ2) is 4.52. The monoisotopic (exact) mass is 212 g/mol. The molecule has 0 aromatic carbocycles. The number of aliphatic hydroxyl groups excluding tert-OH is 2. The van der Waals surface area contributed by atoms with Crippen LogP contribution in [0.4, 0.5) is 0 Å². The van der Waals surface area contributed by atoms with Crippen LogP contribution < -0.4 is 0 Å². The Kier molecular flexibility index (Phi) is 3.76. The average molecular weight is 212 g/mol. The van der Waals surface area contributed by atoms with Gasteiger partial charge < -0.3 is 20.1 Å². The van der Waals surface area contributed by atoms with Gasteiger partial charge in [-0.2, -0.15) is 0 Å². The molecule has 0 aliphatic carbocycles. The molecule has 0 aromatic rings. The summed E-state index contributed by atoms with van der Waals surface area (Å²) in [6.45, 7) is 3.38. The van der Waals surface area contributed by atoms with Crippen molar-refractivity contribution in [1.82, 2.24) is 0 Å². The van der Waals surface area contributed by atoms with Crippen LogP contribution in [0.15, 0.2) is 17.4 Å². The van der Waals surface area contributed by atoms with Crippen molar-refractivity contribution in [2.45, 2.75) is 37.7 Å². The van der Waals surface area contributed by atoms with Crippen molar-refractivity contribution in [3.63, 3.8) is 0 Å². The van der Waals surface area contributed by atoms with E-state index in [0.717, 1.165) is 5.57 Å². The van der Waals surface area contributed by atoms with Gasteiger partial charge in [-0.15, -0.1) is 5.73 Å². The Hall–Kier alpha value is -0.575. The van der Waals surface area contributed by atoms with E-state index in [0.29, 0.717) is 0 Å². The topological polar surface area (TPSA) is 69.9 Å². The molecule has 84 valence electrons. The molecule has 15 heavy (non-hydrogen) atoms. The molecule has 0 amide bonds. The maximum absolute atomic E-state index is 10.2. The fourth-order valence-corrected chi connectivity index (χ4v) is 1.59. The molecule has 4 nitrogen and oxygen atoms in total. The zero-order valence-corrected chi connectivity index (χ0v) is 9.27. The van der Waals surface area contributed by atoms with E-state index in [4.69, 9.17) is 9.84 Å². The van der Waals surface area contributed by atoms with Gasteiger partial charge in [-0.1, -0.05) is 0 Å². The number of rotatable bonds is 2. The molecule has 1 fully saturated rings. The highest BCUT2D eigenvalue weighted by Crippen LogP contribution is 2.30. The maximum atomic E-state index is 10.2. The minimum Gasteiger partial charge on any atom is -0.394 e. The lowest BCUT2D eigenvalue weighted by atomic mass is 9.80. The van der Waals surface area contributed by atoms with E-state index in [9.17, 15) is 10.2 Å². The first-order chi connectivity index (χ1) is 6.91. The lowest BCUT2D eigenvalue weighted by molar-refractivity contribution is -0.0285.